The van der Waals surface area contributed by atoms with Gasteiger partial charge in [0.1, 0.15) is 5.75 Å². The number of esters is 1. The molecule has 1 aromatic heterocycles. The molecule has 21 heavy (non-hydrogen) atoms. The van der Waals surface area contributed by atoms with E-state index in [4.69, 9.17) is 9.47 Å². The molecule has 2 aromatic rings. The van der Waals surface area contributed by atoms with Gasteiger partial charge in [0.2, 0.25) is 0 Å². The number of benzene rings is 1. The molecule has 0 bridgehead atoms. The van der Waals surface area contributed by atoms with Crippen molar-refractivity contribution in [3.8, 4) is 5.75 Å². The van der Waals surface area contributed by atoms with E-state index in [2.05, 4.69) is 5.10 Å². The number of carbonyl (C=O) groups is 1. The van der Waals surface area contributed by atoms with Crippen LogP contribution < -0.4 is 4.74 Å². The monoisotopic (exact) mass is 288 g/mol. The first kappa shape index (κ1) is 15.1. The minimum atomic E-state index is -0.362. The van der Waals surface area contributed by atoms with Crippen molar-refractivity contribution >= 4 is 5.97 Å². The molecule has 0 saturated heterocycles. The number of aromatic nitrogens is 2. The van der Waals surface area contributed by atoms with E-state index in [1.807, 2.05) is 45.3 Å². The van der Waals surface area contributed by atoms with Gasteiger partial charge in [-0.2, -0.15) is 5.10 Å². The van der Waals surface area contributed by atoms with Gasteiger partial charge in [0, 0.05) is 19.7 Å². The Morgan fingerprint density at radius 1 is 1.33 bits per heavy atom. The maximum absolute atomic E-state index is 11.6. The predicted molar refractivity (Wildman–Crippen MR) is 79.3 cm³/mol. The zero-order chi connectivity index (χ0) is 15.2. The summed E-state index contributed by atoms with van der Waals surface area (Å²) in [6.07, 6.45) is 4.32. The van der Waals surface area contributed by atoms with Crippen molar-refractivity contribution in [3.63, 3.8) is 0 Å². The van der Waals surface area contributed by atoms with Crippen molar-refractivity contribution < 1.29 is 14.3 Å². The van der Waals surface area contributed by atoms with Crippen LogP contribution in [0.4, 0.5) is 0 Å². The summed E-state index contributed by atoms with van der Waals surface area (Å²) in [5.74, 6) is 0.351. The molecule has 2 rings (SSSR count). The summed E-state index contributed by atoms with van der Waals surface area (Å²) in [6, 6.07) is 5.84. The molecule has 5 heteroatoms. The van der Waals surface area contributed by atoms with Crippen molar-refractivity contribution in [1.82, 2.24) is 9.78 Å². The summed E-state index contributed by atoms with van der Waals surface area (Å²) in [5, 5.41) is 4.06. The molecule has 0 amide bonds. The second kappa shape index (κ2) is 6.92. The average Bonchev–Trinajstić information content (AvgIpc) is 2.83. The van der Waals surface area contributed by atoms with Crippen molar-refractivity contribution in [2.75, 3.05) is 13.2 Å². The molecule has 0 aliphatic rings. The van der Waals surface area contributed by atoms with Gasteiger partial charge in [-0.25, -0.2) is 4.79 Å². The molecule has 1 heterocycles. The van der Waals surface area contributed by atoms with Gasteiger partial charge in [0.15, 0.2) is 6.61 Å². The average molecular weight is 288 g/mol. The van der Waals surface area contributed by atoms with E-state index >= 15 is 0 Å². The lowest BCUT2D eigenvalue weighted by Gasteiger charge is -2.09. The lowest BCUT2D eigenvalue weighted by atomic mass is 10.1. The zero-order valence-corrected chi connectivity index (χ0v) is 12.6. The molecule has 0 spiro atoms. The Balaban J connectivity index is 1.72. The Hall–Kier alpha value is -2.30. The van der Waals surface area contributed by atoms with Crippen molar-refractivity contribution in [2.45, 2.75) is 20.3 Å². The molecule has 0 aliphatic heterocycles. The van der Waals surface area contributed by atoms with Gasteiger partial charge in [-0.15, -0.1) is 0 Å². The van der Waals surface area contributed by atoms with Crippen LogP contribution in [0.5, 0.6) is 5.75 Å². The van der Waals surface area contributed by atoms with E-state index in [0.717, 1.165) is 11.1 Å². The van der Waals surface area contributed by atoms with Gasteiger partial charge >= 0.3 is 5.97 Å². The summed E-state index contributed by atoms with van der Waals surface area (Å²) in [6.45, 7) is 4.23. The lowest BCUT2D eigenvalue weighted by molar-refractivity contribution is -0.145. The Morgan fingerprint density at radius 3 is 2.81 bits per heavy atom. The van der Waals surface area contributed by atoms with E-state index < -0.39 is 0 Å². The van der Waals surface area contributed by atoms with E-state index in [0.29, 0.717) is 18.8 Å². The lowest BCUT2D eigenvalue weighted by Crippen LogP contribution is -2.16. The minimum Gasteiger partial charge on any atom is -0.482 e. The number of nitrogens with zero attached hydrogens (tertiary/aromatic N) is 2. The number of aryl methyl sites for hydroxylation is 3. The number of hydrogen-bond acceptors (Lipinski definition) is 4. The van der Waals surface area contributed by atoms with E-state index in [-0.39, 0.29) is 12.6 Å². The van der Waals surface area contributed by atoms with Crippen LogP contribution >= 0.6 is 0 Å². The smallest absolute Gasteiger partial charge is 0.344 e. The summed E-state index contributed by atoms with van der Waals surface area (Å²) >= 11 is 0. The highest BCUT2D eigenvalue weighted by atomic mass is 16.6. The van der Waals surface area contributed by atoms with Gasteiger partial charge in [0.05, 0.1) is 12.8 Å². The number of ether oxygens (including phenoxy) is 2. The van der Waals surface area contributed by atoms with Crippen LogP contribution in [0.3, 0.4) is 0 Å². The quantitative estimate of drug-likeness (QED) is 0.765. The first-order valence-corrected chi connectivity index (χ1v) is 6.88. The largest absolute Gasteiger partial charge is 0.482 e. The SMILES string of the molecule is Cc1ccc(OCC(=O)OCCc2cnn(C)c2)c(C)c1. The van der Waals surface area contributed by atoms with Crippen molar-refractivity contribution in [2.24, 2.45) is 7.05 Å². The maximum Gasteiger partial charge on any atom is 0.344 e. The molecular formula is C16H20N2O3. The third-order valence-electron chi connectivity index (χ3n) is 3.09. The van der Waals surface area contributed by atoms with Gasteiger partial charge in [0.25, 0.3) is 0 Å². The molecule has 0 radical (unpaired) electrons. The van der Waals surface area contributed by atoms with E-state index in [1.54, 1.807) is 10.9 Å². The zero-order valence-electron chi connectivity index (χ0n) is 12.6. The number of carbonyl (C=O) groups excluding carboxylic acids is 1. The summed E-state index contributed by atoms with van der Waals surface area (Å²) < 4.78 is 12.3. The molecule has 0 unspecified atom stereocenters. The Labute approximate surface area is 124 Å². The van der Waals surface area contributed by atoms with Crippen LogP contribution in [-0.4, -0.2) is 29.0 Å². The first-order chi connectivity index (χ1) is 10.0. The molecule has 5 nitrogen and oxygen atoms in total. The molecule has 0 N–H and O–H groups in total. The summed E-state index contributed by atoms with van der Waals surface area (Å²) in [4.78, 5) is 11.6. The normalized spacial score (nSPS) is 10.4. The first-order valence-electron chi connectivity index (χ1n) is 6.88. The van der Waals surface area contributed by atoms with Crippen LogP contribution in [0.1, 0.15) is 16.7 Å². The molecule has 0 saturated carbocycles. The van der Waals surface area contributed by atoms with Crippen LogP contribution in [0, 0.1) is 13.8 Å². The van der Waals surface area contributed by atoms with Gasteiger partial charge in [-0.05, 0) is 31.0 Å². The van der Waals surface area contributed by atoms with Crippen molar-refractivity contribution in [3.05, 3.63) is 47.3 Å². The van der Waals surface area contributed by atoms with E-state index in [1.165, 1.54) is 5.56 Å². The molecular weight excluding hydrogens is 268 g/mol. The standard InChI is InChI=1S/C16H20N2O3/c1-12-4-5-15(13(2)8-12)21-11-16(19)20-7-6-14-9-17-18(3)10-14/h4-5,8-10H,6-7,11H2,1-3H3. The topological polar surface area (TPSA) is 53.4 Å². The predicted octanol–water partition coefficient (Wildman–Crippen LogP) is 2.20. The molecule has 112 valence electrons. The van der Waals surface area contributed by atoms with Crippen LogP contribution in [0.15, 0.2) is 30.6 Å². The molecule has 0 aliphatic carbocycles. The molecule has 0 fully saturated rings. The Kier molecular flexibility index (Phi) is 4.98. The van der Waals surface area contributed by atoms with Crippen LogP contribution in [0.2, 0.25) is 0 Å². The third-order valence-corrected chi connectivity index (χ3v) is 3.09. The van der Waals surface area contributed by atoms with Gasteiger partial charge in [-0.1, -0.05) is 17.7 Å². The fourth-order valence-corrected chi connectivity index (χ4v) is 2.02. The summed E-state index contributed by atoms with van der Waals surface area (Å²) in [5.41, 5.74) is 3.22. The molecule has 1 aromatic carbocycles. The van der Waals surface area contributed by atoms with Crippen LogP contribution in [-0.2, 0) is 23.0 Å². The van der Waals surface area contributed by atoms with E-state index in [9.17, 15) is 4.79 Å². The maximum atomic E-state index is 11.6. The fourth-order valence-electron chi connectivity index (χ4n) is 2.02. The van der Waals surface area contributed by atoms with Crippen LogP contribution in [0.25, 0.3) is 0 Å². The highest BCUT2D eigenvalue weighted by Crippen LogP contribution is 2.18. The van der Waals surface area contributed by atoms with Gasteiger partial charge < -0.3 is 9.47 Å². The second-order valence-corrected chi connectivity index (χ2v) is 5.05. The fraction of sp³-hybridized carbons (Fsp3) is 0.375. The summed E-state index contributed by atoms with van der Waals surface area (Å²) in [7, 11) is 1.85. The highest BCUT2D eigenvalue weighted by Gasteiger charge is 2.07. The highest BCUT2D eigenvalue weighted by molar-refractivity contribution is 5.71. The van der Waals surface area contributed by atoms with Gasteiger partial charge in [-0.3, -0.25) is 4.68 Å². The second-order valence-electron chi connectivity index (χ2n) is 5.05. The minimum absolute atomic E-state index is 0.0725. The third kappa shape index (κ3) is 4.63. The Morgan fingerprint density at radius 2 is 2.14 bits per heavy atom. The van der Waals surface area contributed by atoms with Crippen molar-refractivity contribution in [1.29, 1.82) is 0 Å². The number of hydrogen-bond donors (Lipinski definition) is 0. The molecule has 0 atom stereocenters. The Bertz CT molecular complexity index is 620. The number of rotatable bonds is 6.